The van der Waals surface area contributed by atoms with Crippen LogP contribution in [0.1, 0.15) is 19.8 Å². The van der Waals surface area contributed by atoms with Gasteiger partial charge in [-0.2, -0.15) is 4.98 Å². The second-order valence-corrected chi connectivity index (χ2v) is 6.53. The fourth-order valence-electron chi connectivity index (χ4n) is 2.73. The Morgan fingerprint density at radius 2 is 1.88 bits per heavy atom. The smallest absolute Gasteiger partial charge is 0.233 e. The summed E-state index contributed by atoms with van der Waals surface area (Å²) < 4.78 is 19.1. The lowest BCUT2D eigenvalue weighted by Crippen LogP contribution is -2.11. The lowest BCUT2D eigenvalue weighted by atomic mass is 10.0. The van der Waals surface area contributed by atoms with E-state index in [1.165, 1.54) is 31.9 Å². The third-order valence-electron chi connectivity index (χ3n) is 4.28. The highest BCUT2D eigenvalue weighted by Gasteiger charge is 2.23. The number of fused-ring (bicyclic) bond motifs is 1. The summed E-state index contributed by atoms with van der Waals surface area (Å²) in [5.74, 6) is 0.746. The second kappa shape index (κ2) is 6.71. The van der Waals surface area contributed by atoms with Crippen LogP contribution in [0.2, 0.25) is 0 Å². The average Bonchev–Trinajstić information content (AvgIpc) is 3.44. The predicted molar refractivity (Wildman–Crippen MR) is 97.5 cm³/mol. The molecule has 6 heteroatoms. The van der Waals surface area contributed by atoms with Crippen molar-refractivity contribution < 1.29 is 13.9 Å². The summed E-state index contributed by atoms with van der Waals surface area (Å²) in [5.41, 5.74) is 2.50. The number of hydrogen-bond donors (Lipinski definition) is 1. The summed E-state index contributed by atoms with van der Waals surface area (Å²) in [6.45, 7) is 2.02. The highest BCUT2D eigenvalue weighted by Crippen LogP contribution is 2.33. The number of hydrogen-bond acceptors (Lipinski definition) is 4. The molecule has 0 bridgehead atoms. The monoisotopic (exact) mass is 351 g/mol. The van der Waals surface area contributed by atoms with Crippen molar-refractivity contribution in [1.82, 2.24) is 9.97 Å². The number of nitrogens with one attached hydrogen (secondary N) is 1. The Hall–Kier alpha value is -3.02. The van der Waals surface area contributed by atoms with E-state index >= 15 is 0 Å². The lowest BCUT2D eigenvalue weighted by molar-refractivity contribution is -0.114. The molecule has 0 atom stereocenters. The molecular formula is C20H18FN3O2. The maximum Gasteiger partial charge on any atom is 0.233 e. The van der Waals surface area contributed by atoms with E-state index in [2.05, 4.69) is 15.3 Å². The number of halogens is 1. The zero-order valence-electron chi connectivity index (χ0n) is 14.3. The van der Waals surface area contributed by atoms with Gasteiger partial charge in [0.05, 0.1) is 17.5 Å². The molecule has 3 aromatic rings. The molecule has 1 fully saturated rings. The van der Waals surface area contributed by atoms with Gasteiger partial charge in [0.1, 0.15) is 5.82 Å². The summed E-state index contributed by atoms with van der Waals surface area (Å²) in [5, 5.41) is 3.38. The Balaban J connectivity index is 1.77. The van der Waals surface area contributed by atoms with Gasteiger partial charge in [-0.25, -0.2) is 9.37 Å². The molecule has 132 valence electrons. The maximum atomic E-state index is 13.2. The summed E-state index contributed by atoms with van der Waals surface area (Å²) in [7, 11) is 0. The number of ether oxygens (including phenoxy) is 1. The SMILES string of the molecule is CC(=O)Nc1nc(OCC2CC2)c2cc(-c3ccc(F)cc3)ccc2n1. The first-order valence-corrected chi connectivity index (χ1v) is 8.56. The maximum absolute atomic E-state index is 13.2. The van der Waals surface area contributed by atoms with E-state index in [0.717, 1.165) is 16.5 Å². The molecule has 2 aromatic carbocycles. The molecule has 0 spiro atoms. The molecule has 1 aliphatic rings. The minimum atomic E-state index is -0.272. The fraction of sp³-hybridized carbons (Fsp3) is 0.250. The Morgan fingerprint density at radius 1 is 1.15 bits per heavy atom. The van der Waals surface area contributed by atoms with Crippen LogP contribution in [0.3, 0.4) is 0 Å². The number of amides is 1. The fourth-order valence-corrected chi connectivity index (χ4v) is 2.73. The summed E-state index contributed by atoms with van der Waals surface area (Å²) >= 11 is 0. The third kappa shape index (κ3) is 3.64. The standard InChI is InChI=1S/C20H18FN3O2/c1-12(25)22-20-23-18-9-6-15(14-4-7-16(21)8-5-14)10-17(18)19(24-20)26-11-13-2-3-13/h4-10,13H,2-3,11H2,1H3,(H,22,23,24,25). The Kier molecular flexibility index (Phi) is 4.24. The van der Waals surface area contributed by atoms with Gasteiger partial charge in [-0.15, -0.1) is 0 Å². The molecule has 1 aliphatic carbocycles. The summed E-state index contributed by atoms with van der Waals surface area (Å²) in [4.78, 5) is 20.1. The highest BCUT2D eigenvalue weighted by molar-refractivity contribution is 5.92. The molecule has 4 rings (SSSR count). The van der Waals surface area contributed by atoms with Crippen molar-refractivity contribution in [2.24, 2.45) is 5.92 Å². The molecule has 0 saturated heterocycles. The first kappa shape index (κ1) is 16.4. The van der Waals surface area contributed by atoms with E-state index in [-0.39, 0.29) is 17.7 Å². The average molecular weight is 351 g/mol. The van der Waals surface area contributed by atoms with Crippen LogP contribution >= 0.6 is 0 Å². The summed E-state index contributed by atoms with van der Waals surface area (Å²) in [6.07, 6.45) is 2.34. The topological polar surface area (TPSA) is 64.1 Å². The van der Waals surface area contributed by atoms with Crippen molar-refractivity contribution in [2.45, 2.75) is 19.8 Å². The largest absolute Gasteiger partial charge is 0.477 e. The van der Waals surface area contributed by atoms with Crippen LogP contribution in [0, 0.1) is 11.7 Å². The second-order valence-electron chi connectivity index (χ2n) is 6.53. The number of rotatable bonds is 5. The molecule has 1 aromatic heterocycles. The molecule has 1 heterocycles. The predicted octanol–water partition coefficient (Wildman–Crippen LogP) is 4.18. The molecule has 26 heavy (non-hydrogen) atoms. The van der Waals surface area contributed by atoms with Crippen molar-refractivity contribution >= 4 is 22.8 Å². The van der Waals surface area contributed by atoms with E-state index in [9.17, 15) is 9.18 Å². The first-order chi connectivity index (χ1) is 12.6. The van der Waals surface area contributed by atoms with Crippen molar-refractivity contribution in [1.29, 1.82) is 0 Å². The molecule has 1 N–H and O–H groups in total. The van der Waals surface area contributed by atoms with Gasteiger partial charge in [-0.3, -0.25) is 10.1 Å². The number of aromatic nitrogens is 2. The van der Waals surface area contributed by atoms with Gasteiger partial charge >= 0.3 is 0 Å². The molecular weight excluding hydrogens is 333 g/mol. The van der Waals surface area contributed by atoms with E-state index in [0.29, 0.717) is 23.9 Å². The Bertz CT molecular complexity index is 969. The molecule has 0 aliphatic heterocycles. The van der Waals surface area contributed by atoms with Gasteiger partial charge < -0.3 is 4.74 Å². The lowest BCUT2D eigenvalue weighted by Gasteiger charge is -2.11. The van der Waals surface area contributed by atoms with Crippen molar-refractivity contribution in [3.05, 3.63) is 48.3 Å². The number of carbonyl (C=O) groups excluding carboxylic acids is 1. The van der Waals surface area contributed by atoms with Crippen LogP contribution in [0.15, 0.2) is 42.5 Å². The van der Waals surface area contributed by atoms with E-state index in [4.69, 9.17) is 4.74 Å². The van der Waals surface area contributed by atoms with Gasteiger partial charge in [0.15, 0.2) is 0 Å². The third-order valence-corrected chi connectivity index (χ3v) is 4.28. The van der Waals surface area contributed by atoms with Gasteiger partial charge in [0.25, 0.3) is 0 Å². The minimum absolute atomic E-state index is 0.227. The van der Waals surface area contributed by atoms with Gasteiger partial charge in [-0.1, -0.05) is 18.2 Å². The van der Waals surface area contributed by atoms with Crippen LogP contribution in [-0.4, -0.2) is 22.5 Å². The van der Waals surface area contributed by atoms with Crippen LogP contribution in [-0.2, 0) is 4.79 Å². The number of benzene rings is 2. The van der Waals surface area contributed by atoms with E-state index in [1.54, 1.807) is 12.1 Å². The zero-order valence-corrected chi connectivity index (χ0v) is 14.3. The van der Waals surface area contributed by atoms with E-state index in [1.807, 2.05) is 18.2 Å². The zero-order chi connectivity index (χ0) is 18.1. The van der Waals surface area contributed by atoms with Gasteiger partial charge in [0, 0.05) is 6.92 Å². The number of carbonyl (C=O) groups is 1. The Morgan fingerprint density at radius 3 is 2.58 bits per heavy atom. The van der Waals surface area contributed by atoms with Crippen molar-refractivity contribution in [3.63, 3.8) is 0 Å². The minimum Gasteiger partial charge on any atom is -0.477 e. The normalized spacial score (nSPS) is 13.6. The van der Waals surface area contributed by atoms with Crippen LogP contribution in [0.25, 0.3) is 22.0 Å². The van der Waals surface area contributed by atoms with Crippen molar-refractivity contribution in [2.75, 3.05) is 11.9 Å². The highest BCUT2D eigenvalue weighted by atomic mass is 19.1. The van der Waals surface area contributed by atoms with Crippen LogP contribution < -0.4 is 10.1 Å². The quantitative estimate of drug-likeness (QED) is 0.749. The first-order valence-electron chi connectivity index (χ1n) is 8.56. The van der Waals surface area contributed by atoms with Gasteiger partial charge in [-0.05, 0) is 54.2 Å². The molecule has 1 amide bonds. The van der Waals surface area contributed by atoms with E-state index < -0.39 is 0 Å². The Labute approximate surface area is 150 Å². The summed E-state index contributed by atoms with van der Waals surface area (Å²) in [6, 6.07) is 12.0. The van der Waals surface area contributed by atoms with Crippen LogP contribution in [0.5, 0.6) is 5.88 Å². The van der Waals surface area contributed by atoms with Gasteiger partial charge in [0.2, 0.25) is 17.7 Å². The number of anilines is 1. The molecule has 0 unspecified atom stereocenters. The number of nitrogens with zero attached hydrogens (tertiary/aromatic N) is 2. The molecule has 5 nitrogen and oxygen atoms in total. The van der Waals surface area contributed by atoms with Crippen molar-refractivity contribution in [3.8, 4) is 17.0 Å². The molecule has 1 saturated carbocycles. The molecule has 0 radical (unpaired) electrons. The van der Waals surface area contributed by atoms with Crippen LogP contribution in [0.4, 0.5) is 10.3 Å².